The maximum atomic E-state index is 6.02. The minimum absolute atomic E-state index is 0.521. The van der Waals surface area contributed by atoms with Crippen LogP contribution in [0.3, 0.4) is 0 Å². The Balaban J connectivity index is 1.52. The van der Waals surface area contributed by atoms with E-state index >= 15 is 0 Å². The summed E-state index contributed by atoms with van der Waals surface area (Å²) in [7, 11) is 0. The van der Waals surface area contributed by atoms with Crippen LogP contribution in [-0.4, -0.2) is 6.61 Å². The lowest BCUT2D eigenvalue weighted by atomic mass is 9.63. The van der Waals surface area contributed by atoms with Crippen LogP contribution in [0, 0.1) is 35.5 Å². The van der Waals surface area contributed by atoms with Crippen molar-refractivity contribution in [2.45, 2.75) is 77.7 Å². The van der Waals surface area contributed by atoms with Gasteiger partial charge in [-0.15, -0.1) is 13.2 Å². The second-order valence-electron chi connectivity index (χ2n) is 10.5. The van der Waals surface area contributed by atoms with E-state index in [1.54, 1.807) is 5.57 Å². The molecule has 0 saturated heterocycles. The molecule has 0 radical (unpaired) electrons. The molecule has 0 bridgehead atoms. The van der Waals surface area contributed by atoms with Gasteiger partial charge in [0.15, 0.2) is 0 Å². The average Bonchev–Trinajstić information content (AvgIpc) is 2.84. The van der Waals surface area contributed by atoms with Gasteiger partial charge in [0.2, 0.25) is 0 Å². The van der Waals surface area contributed by atoms with Gasteiger partial charge in [0.1, 0.15) is 0 Å². The molecule has 0 spiro atoms. The number of hydrogen-bond donors (Lipinski definition) is 0. The predicted molar refractivity (Wildman–Crippen MR) is 138 cm³/mol. The zero-order valence-corrected chi connectivity index (χ0v) is 20.5. The first-order valence-electron chi connectivity index (χ1n) is 13.2. The lowest BCUT2D eigenvalue weighted by molar-refractivity contribution is 0.0890. The Morgan fingerprint density at radius 2 is 1.75 bits per heavy atom. The van der Waals surface area contributed by atoms with E-state index in [1.807, 2.05) is 0 Å². The van der Waals surface area contributed by atoms with Crippen LogP contribution in [0.2, 0.25) is 0 Å². The van der Waals surface area contributed by atoms with E-state index in [4.69, 9.17) is 11.3 Å². The van der Waals surface area contributed by atoms with Crippen LogP contribution in [0.1, 0.15) is 76.7 Å². The third kappa shape index (κ3) is 6.95. The van der Waals surface area contributed by atoms with Crippen molar-refractivity contribution in [3.05, 3.63) is 73.4 Å². The monoisotopic (exact) mass is 434 g/mol. The summed E-state index contributed by atoms with van der Waals surface area (Å²) in [6.45, 7) is 16.9. The molecule has 1 heteroatoms. The molecule has 0 amide bonds. The molecular weight excluding hydrogens is 388 g/mol. The molecule has 2 aliphatic carbocycles. The van der Waals surface area contributed by atoms with Crippen LogP contribution in [0.4, 0.5) is 0 Å². The van der Waals surface area contributed by atoms with Gasteiger partial charge in [0.25, 0.3) is 0 Å². The van der Waals surface area contributed by atoms with E-state index in [0.29, 0.717) is 24.4 Å². The summed E-state index contributed by atoms with van der Waals surface area (Å²) >= 11 is 0. The summed E-state index contributed by atoms with van der Waals surface area (Å²) in [5, 5.41) is 0. The molecule has 0 heterocycles. The van der Waals surface area contributed by atoms with E-state index in [0.717, 1.165) is 30.8 Å². The van der Waals surface area contributed by atoms with Gasteiger partial charge in [-0.25, -0.2) is 0 Å². The van der Waals surface area contributed by atoms with Crippen LogP contribution in [-0.2, 0) is 11.3 Å². The van der Waals surface area contributed by atoms with Gasteiger partial charge in [-0.1, -0.05) is 74.4 Å². The summed E-state index contributed by atoms with van der Waals surface area (Å²) in [5.74, 6) is 4.22. The Morgan fingerprint density at radius 3 is 2.44 bits per heavy atom. The van der Waals surface area contributed by atoms with Crippen molar-refractivity contribution in [1.82, 2.24) is 0 Å². The molecule has 2 saturated carbocycles. The summed E-state index contributed by atoms with van der Waals surface area (Å²) < 4.78 is 6.02. The minimum atomic E-state index is 0.521. The van der Waals surface area contributed by atoms with Crippen LogP contribution >= 0.6 is 0 Å². The normalized spacial score (nSPS) is 27.9. The van der Waals surface area contributed by atoms with Gasteiger partial charge in [-0.05, 0) is 92.4 Å². The molecule has 1 aromatic rings. The second-order valence-corrected chi connectivity index (χ2v) is 10.5. The molecule has 176 valence electrons. The van der Waals surface area contributed by atoms with E-state index in [9.17, 15) is 0 Å². The maximum Gasteiger partial charge on any atom is 0.0716 e. The molecule has 4 unspecified atom stereocenters. The topological polar surface area (TPSA) is 9.23 Å². The fourth-order valence-electron chi connectivity index (χ4n) is 6.45. The number of hydrogen-bond acceptors (Lipinski definition) is 1. The van der Waals surface area contributed by atoms with Crippen molar-refractivity contribution in [1.29, 1.82) is 0 Å². The van der Waals surface area contributed by atoms with Gasteiger partial charge in [-0.2, -0.15) is 0 Å². The summed E-state index contributed by atoms with van der Waals surface area (Å²) in [5.41, 5.74) is 2.84. The minimum Gasteiger partial charge on any atom is -0.377 e. The standard InChI is InChI=1S/C31H46O/c1-5-12-26-17-19-29(20-18-26)25(4)31-16-11-10-15-30(31)24(3)28(6-2)21-22-32-23-27-13-8-7-9-14-27/h5-9,13-14,24,26,28-31H,1-2,4,10-12,15-23H2,3H3. The molecule has 0 aliphatic heterocycles. The summed E-state index contributed by atoms with van der Waals surface area (Å²) in [6, 6.07) is 10.5. The highest BCUT2D eigenvalue weighted by molar-refractivity contribution is 5.13. The Hall–Kier alpha value is -1.60. The van der Waals surface area contributed by atoms with Gasteiger partial charge in [0, 0.05) is 6.61 Å². The summed E-state index contributed by atoms with van der Waals surface area (Å²) in [4.78, 5) is 0. The zero-order chi connectivity index (χ0) is 22.8. The molecule has 1 aromatic carbocycles. The molecule has 0 aromatic heterocycles. The van der Waals surface area contributed by atoms with Crippen LogP contribution in [0.25, 0.3) is 0 Å². The fourth-order valence-corrected chi connectivity index (χ4v) is 6.45. The average molecular weight is 435 g/mol. The van der Waals surface area contributed by atoms with Gasteiger partial charge in [0.05, 0.1) is 6.61 Å². The quantitative estimate of drug-likeness (QED) is 0.236. The molecular formula is C31H46O. The molecule has 3 rings (SSSR count). The molecule has 2 fully saturated rings. The highest BCUT2D eigenvalue weighted by Crippen LogP contribution is 2.47. The number of allylic oxidation sites excluding steroid dienone is 3. The first kappa shape index (κ1) is 25.0. The molecule has 2 aliphatic rings. The third-order valence-electron chi connectivity index (χ3n) is 8.53. The van der Waals surface area contributed by atoms with E-state index < -0.39 is 0 Å². The Bertz CT molecular complexity index is 696. The first-order valence-corrected chi connectivity index (χ1v) is 13.2. The van der Waals surface area contributed by atoms with Crippen molar-refractivity contribution < 1.29 is 4.74 Å². The lowest BCUT2D eigenvalue weighted by Gasteiger charge is -2.42. The zero-order valence-electron chi connectivity index (χ0n) is 20.5. The number of rotatable bonds is 12. The van der Waals surface area contributed by atoms with Crippen LogP contribution in [0.5, 0.6) is 0 Å². The predicted octanol–water partition coefficient (Wildman–Crippen LogP) is 8.78. The van der Waals surface area contributed by atoms with Gasteiger partial charge >= 0.3 is 0 Å². The lowest BCUT2D eigenvalue weighted by Crippen LogP contribution is -2.33. The number of ether oxygens (including phenoxy) is 1. The smallest absolute Gasteiger partial charge is 0.0716 e. The van der Waals surface area contributed by atoms with E-state index in [-0.39, 0.29) is 0 Å². The Morgan fingerprint density at radius 1 is 1.03 bits per heavy atom. The van der Waals surface area contributed by atoms with Crippen LogP contribution in [0.15, 0.2) is 67.8 Å². The molecule has 32 heavy (non-hydrogen) atoms. The van der Waals surface area contributed by atoms with Crippen molar-refractivity contribution in [3.8, 4) is 0 Å². The molecule has 4 atom stereocenters. The first-order chi connectivity index (χ1) is 15.6. The molecule has 1 nitrogen and oxygen atoms in total. The highest BCUT2D eigenvalue weighted by Gasteiger charge is 2.36. The van der Waals surface area contributed by atoms with E-state index in [2.05, 4.69) is 62.6 Å². The third-order valence-corrected chi connectivity index (χ3v) is 8.53. The fraction of sp³-hybridized carbons (Fsp3) is 0.613. The largest absolute Gasteiger partial charge is 0.377 e. The molecule has 0 N–H and O–H groups in total. The van der Waals surface area contributed by atoms with Crippen molar-refractivity contribution >= 4 is 0 Å². The highest BCUT2D eigenvalue weighted by atomic mass is 16.5. The number of benzene rings is 1. The van der Waals surface area contributed by atoms with Crippen molar-refractivity contribution in [2.24, 2.45) is 35.5 Å². The van der Waals surface area contributed by atoms with Gasteiger partial charge < -0.3 is 4.74 Å². The van der Waals surface area contributed by atoms with Crippen molar-refractivity contribution in [3.63, 3.8) is 0 Å². The van der Waals surface area contributed by atoms with E-state index in [1.165, 1.54) is 63.4 Å². The van der Waals surface area contributed by atoms with Crippen molar-refractivity contribution in [2.75, 3.05) is 6.61 Å². The maximum absolute atomic E-state index is 6.02. The Labute approximate surface area is 198 Å². The Kier molecular flexibility index (Phi) is 10.3. The second kappa shape index (κ2) is 13.2. The van der Waals surface area contributed by atoms with Crippen LogP contribution < -0.4 is 0 Å². The SMILES string of the molecule is C=CCC1CCC(C(=C)C2CCCCC2C(C)C(C=C)CCOCc2ccccc2)CC1. The van der Waals surface area contributed by atoms with Gasteiger partial charge in [-0.3, -0.25) is 0 Å². The summed E-state index contributed by atoms with van der Waals surface area (Å²) in [6.07, 6.45) is 17.4.